The zero-order valence-electron chi connectivity index (χ0n) is 15.2. The number of amides is 1. The fraction of sp³-hybridized carbons (Fsp3) is 0.526. The quantitative estimate of drug-likeness (QED) is 0.862. The van der Waals surface area contributed by atoms with E-state index in [1.165, 1.54) is 6.33 Å². The average molecular weight is 326 g/mol. The number of rotatable bonds is 4. The number of hydrogen-bond donors (Lipinski definition) is 0. The molecule has 1 saturated carbocycles. The van der Waals surface area contributed by atoms with Crippen LogP contribution in [0, 0.1) is 12.3 Å². The SMILES string of the molecule is Cc1cc(C(=O)N(C(C)C)C2CC(C)(C)C2)ccc1-n1cncn1. The Bertz CT molecular complexity index is 726. The van der Waals surface area contributed by atoms with Gasteiger partial charge in [-0.15, -0.1) is 0 Å². The van der Waals surface area contributed by atoms with Crippen molar-refractivity contribution >= 4 is 5.91 Å². The van der Waals surface area contributed by atoms with E-state index in [9.17, 15) is 4.79 Å². The lowest BCUT2D eigenvalue weighted by molar-refractivity contribution is 0.0103. The van der Waals surface area contributed by atoms with Gasteiger partial charge in [0.2, 0.25) is 0 Å². The summed E-state index contributed by atoms with van der Waals surface area (Å²) in [5.41, 5.74) is 3.06. The number of aryl methyl sites for hydroxylation is 1. The lowest BCUT2D eigenvalue weighted by atomic mass is 9.67. The molecule has 0 radical (unpaired) electrons. The van der Waals surface area contributed by atoms with Gasteiger partial charge in [0.15, 0.2) is 0 Å². The highest BCUT2D eigenvalue weighted by molar-refractivity contribution is 5.95. The Labute approximate surface area is 143 Å². The first-order valence-corrected chi connectivity index (χ1v) is 8.57. The van der Waals surface area contributed by atoms with E-state index in [0.717, 1.165) is 29.7 Å². The molecule has 1 heterocycles. The molecular weight excluding hydrogens is 300 g/mol. The zero-order valence-corrected chi connectivity index (χ0v) is 15.2. The molecule has 1 aliphatic rings. The van der Waals surface area contributed by atoms with Crippen LogP contribution < -0.4 is 0 Å². The van der Waals surface area contributed by atoms with Crippen LogP contribution in [0.25, 0.3) is 5.69 Å². The van der Waals surface area contributed by atoms with Gasteiger partial charge in [-0.2, -0.15) is 5.10 Å². The lowest BCUT2D eigenvalue weighted by Gasteiger charge is -2.49. The monoisotopic (exact) mass is 326 g/mol. The van der Waals surface area contributed by atoms with Crippen LogP contribution >= 0.6 is 0 Å². The maximum Gasteiger partial charge on any atom is 0.254 e. The smallest absolute Gasteiger partial charge is 0.254 e. The van der Waals surface area contributed by atoms with Gasteiger partial charge in [-0.1, -0.05) is 13.8 Å². The molecule has 1 aliphatic carbocycles. The molecule has 1 fully saturated rings. The molecule has 1 amide bonds. The molecule has 5 nitrogen and oxygen atoms in total. The summed E-state index contributed by atoms with van der Waals surface area (Å²) < 4.78 is 1.72. The van der Waals surface area contributed by atoms with Crippen LogP contribution in [-0.4, -0.2) is 37.7 Å². The Balaban J connectivity index is 1.84. The average Bonchev–Trinajstić information content (AvgIpc) is 2.98. The van der Waals surface area contributed by atoms with Gasteiger partial charge >= 0.3 is 0 Å². The molecule has 2 aromatic rings. The van der Waals surface area contributed by atoms with Gasteiger partial charge in [-0.3, -0.25) is 4.79 Å². The van der Waals surface area contributed by atoms with E-state index in [1.54, 1.807) is 11.0 Å². The maximum atomic E-state index is 13.1. The fourth-order valence-electron chi connectivity index (χ4n) is 3.76. The van der Waals surface area contributed by atoms with E-state index in [-0.39, 0.29) is 11.9 Å². The third-order valence-corrected chi connectivity index (χ3v) is 4.87. The molecule has 0 saturated heterocycles. The molecule has 1 aromatic heterocycles. The fourth-order valence-corrected chi connectivity index (χ4v) is 3.76. The standard InChI is InChI=1S/C19H26N4O/c1-13(2)23(16-9-19(4,5)10-16)18(24)15-6-7-17(14(3)8-15)22-12-20-11-21-22/h6-8,11-13,16H,9-10H2,1-5H3. The summed E-state index contributed by atoms with van der Waals surface area (Å²) in [5, 5.41) is 4.16. The highest BCUT2D eigenvalue weighted by atomic mass is 16.2. The van der Waals surface area contributed by atoms with Crippen molar-refractivity contribution in [1.82, 2.24) is 19.7 Å². The van der Waals surface area contributed by atoms with Crippen LogP contribution in [0.1, 0.15) is 56.5 Å². The summed E-state index contributed by atoms with van der Waals surface area (Å²) in [6.45, 7) is 10.7. The van der Waals surface area contributed by atoms with Crippen molar-refractivity contribution in [3.8, 4) is 5.69 Å². The Kier molecular flexibility index (Phi) is 4.20. The van der Waals surface area contributed by atoms with Crippen LogP contribution in [0.3, 0.4) is 0 Å². The molecule has 3 rings (SSSR count). The first kappa shape index (κ1) is 16.7. The van der Waals surface area contributed by atoms with E-state index < -0.39 is 0 Å². The Morgan fingerprint density at radius 1 is 1.33 bits per heavy atom. The molecule has 0 unspecified atom stereocenters. The highest BCUT2D eigenvalue weighted by Crippen LogP contribution is 2.43. The van der Waals surface area contributed by atoms with Crippen molar-refractivity contribution in [2.24, 2.45) is 5.41 Å². The minimum Gasteiger partial charge on any atom is -0.333 e. The van der Waals surface area contributed by atoms with Crippen molar-refractivity contribution < 1.29 is 4.79 Å². The molecule has 0 aliphatic heterocycles. The highest BCUT2D eigenvalue weighted by Gasteiger charge is 2.42. The summed E-state index contributed by atoms with van der Waals surface area (Å²) in [6.07, 6.45) is 5.33. The van der Waals surface area contributed by atoms with Gasteiger partial charge in [-0.25, -0.2) is 9.67 Å². The van der Waals surface area contributed by atoms with E-state index in [4.69, 9.17) is 0 Å². The number of aromatic nitrogens is 3. The summed E-state index contributed by atoms with van der Waals surface area (Å²) >= 11 is 0. The van der Waals surface area contributed by atoms with E-state index in [0.29, 0.717) is 11.5 Å². The number of nitrogens with zero attached hydrogens (tertiary/aromatic N) is 4. The van der Waals surface area contributed by atoms with Gasteiger partial charge in [-0.05, 0) is 62.8 Å². The van der Waals surface area contributed by atoms with Crippen molar-refractivity contribution in [3.63, 3.8) is 0 Å². The molecule has 5 heteroatoms. The number of hydrogen-bond acceptors (Lipinski definition) is 3. The van der Waals surface area contributed by atoms with Crippen molar-refractivity contribution in [2.75, 3.05) is 0 Å². The molecule has 24 heavy (non-hydrogen) atoms. The predicted molar refractivity (Wildman–Crippen MR) is 94.2 cm³/mol. The number of benzene rings is 1. The van der Waals surface area contributed by atoms with Crippen LogP contribution in [0.15, 0.2) is 30.9 Å². The predicted octanol–water partition coefficient (Wildman–Crippen LogP) is 3.61. The maximum absolute atomic E-state index is 13.1. The molecule has 0 atom stereocenters. The van der Waals surface area contributed by atoms with Crippen molar-refractivity contribution in [1.29, 1.82) is 0 Å². The van der Waals surface area contributed by atoms with Crippen LogP contribution in [-0.2, 0) is 0 Å². The van der Waals surface area contributed by atoms with Gasteiger partial charge < -0.3 is 4.90 Å². The van der Waals surface area contributed by atoms with Gasteiger partial charge in [0.1, 0.15) is 12.7 Å². The minimum absolute atomic E-state index is 0.124. The molecule has 1 aromatic carbocycles. The van der Waals surface area contributed by atoms with Crippen LogP contribution in [0.2, 0.25) is 0 Å². The first-order valence-electron chi connectivity index (χ1n) is 8.57. The topological polar surface area (TPSA) is 51.0 Å². The van der Waals surface area contributed by atoms with Crippen molar-refractivity contribution in [3.05, 3.63) is 42.0 Å². The van der Waals surface area contributed by atoms with E-state index in [1.807, 2.05) is 25.1 Å². The molecule has 0 N–H and O–H groups in total. The van der Waals surface area contributed by atoms with E-state index >= 15 is 0 Å². The zero-order chi connectivity index (χ0) is 17.5. The van der Waals surface area contributed by atoms with Gasteiger partial charge in [0.05, 0.1) is 5.69 Å². The summed E-state index contributed by atoms with van der Waals surface area (Å²) in [7, 11) is 0. The molecular formula is C19H26N4O. The number of carbonyl (C=O) groups excluding carboxylic acids is 1. The minimum atomic E-state index is 0.124. The van der Waals surface area contributed by atoms with E-state index in [2.05, 4.69) is 42.7 Å². The van der Waals surface area contributed by atoms with Gasteiger partial charge in [0, 0.05) is 17.6 Å². The van der Waals surface area contributed by atoms with Crippen molar-refractivity contribution in [2.45, 2.75) is 59.5 Å². The molecule has 128 valence electrons. The third kappa shape index (κ3) is 3.07. The Hall–Kier alpha value is -2.17. The largest absolute Gasteiger partial charge is 0.333 e. The molecule has 0 bridgehead atoms. The lowest BCUT2D eigenvalue weighted by Crippen LogP contribution is -2.53. The summed E-state index contributed by atoms with van der Waals surface area (Å²) in [4.78, 5) is 19.1. The third-order valence-electron chi connectivity index (χ3n) is 4.87. The van der Waals surface area contributed by atoms with Crippen LogP contribution in [0.5, 0.6) is 0 Å². The first-order chi connectivity index (χ1) is 11.3. The van der Waals surface area contributed by atoms with Gasteiger partial charge in [0.25, 0.3) is 5.91 Å². The van der Waals surface area contributed by atoms with Crippen LogP contribution in [0.4, 0.5) is 0 Å². The summed E-state index contributed by atoms with van der Waals surface area (Å²) in [5.74, 6) is 0.124. The summed E-state index contributed by atoms with van der Waals surface area (Å²) in [6, 6.07) is 6.35. The Morgan fingerprint density at radius 2 is 2.04 bits per heavy atom. The normalized spacial score (nSPS) is 16.9. The second kappa shape index (κ2) is 6.04. The second-order valence-corrected chi connectivity index (χ2v) is 7.87. The second-order valence-electron chi connectivity index (χ2n) is 7.87. The number of carbonyl (C=O) groups is 1. The Morgan fingerprint density at radius 3 is 2.54 bits per heavy atom. The molecule has 0 spiro atoms.